The first kappa shape index (κ1) is 15.6. The number of rotatable bonds is 3. The zero-order chi connectivity index (χ0) is 16.2. The minimum absolute atomic E-state index is 0.385. The summed E-state index contributed by atoms with van der Waals surface area (Å²) >= 11 is 0. The van der Waals surface area contributed by atoms with Crippen molar-refractivity contribution in [3.05, 3.63) is 65.7 Å². The molecule has 0 spiro atoms. The Balaban J connectivity index is 2.24. The van der Waals surface area contributed by atoms with Gasteiger partial charge in [-0.05, 0) is 57.2 Å². The van der Waals surface area contributed by atoms with Gasteiger partial charge in [0.15, 0.2) is 0 Å². The second-order valence-electron chi connectivity index (χ2n) is 5.87. The molecule has 0 saturated carbocycles. The monoisotopic (exact) mass is 294 g/mol. The molecule has 22 heavy (non-hydrogen) atoms. The standard InChI is InChI=1S/C18H18N2O2/c1-18(2,3)20(16-7-5-4-6-8-16)22-17(21)15-11-9-14(13-19)10-12-15/h4-12H,1-3H3. The Morgan fingerprint density at radius 2 is 1.64 bits per heavy atom. The summed E-state index contributed by atoms with van der Waals surface area (Å²) in [6, 6.07) is 17.9. The van der Waals surface area contributed by atoms with Crippen molar-refractivity contribution in [3.63, 3.8) is 0 Å². The van der Waals surface area contributed by atoms with Crippen molar-refractivity contribution in [3.8, 4) is 6.07 Å². The zero-order valence-corrected chi connectivity index (χ0v) is 12.9. The fourth-order valence-corrected chi connectivity index (χ4v) is 1.96. The van der Waals surface area contributed by atoms with E-state index in [9.17, 15) is 4.79 Å². The number of carbonyl (C=O) groups excluding carboxylic acids is 1. The highest BCUT2D eigenvalue weighted by Crippen LogP contribution is 2.24. The molecular formula is C18H18N2O2. The molecule has 0 radical (unpaired) electrons. The van der Waals surface area contributed by atoms with Crippen LogP contribution in [0.2, 0.25) is 0 Å². The zero-order valence-electron chi connectivity index (χ0n) is 12.9. The van der Waals surface area contributed by atoms with Crippen LogP contribution < -0.4 is 5.06 Å². The lowest BCUT2D eigenvalue weighted by Crippen LogP contribution is -2.43. The number of carbonyl (C=O) groups is 1. The minimum Gasteiger partial charge on any atom is -0.335 e. The summed E-state index contributed by atoms with van der Waals surface area (Å²) < 4.78 is 0. The van der Waals surface area contributed by atoms with Crippen molar-refractivity contribution < 1.29 is 9.63 Å². The average molecular weight is 294 g/mol. The number of benzene rings is 2. The van der Waals surface area contributed by atoms with Crippen LogP contribution in [0.25, 0.3) is 0 Å². The molecule has 0 unspecified atom stereocenters. The molecule has 4 nitrogen and oxygen atoms in total. The van der Waals surface area contributed by atoms with Gasteiger partial charge in [-0.2, -0.15) is 5.26 Å². The molecule has 0 aliphatic rings. The van der Waals surface area contributed by atoms with E-state index < -0.39 is 5.97 Å². The van der Waals surface area contributed by atoms with Crippen molar-refractivity contribution in [2.45, 2.75) is 26.3 Å². The quantitative estimate of drug-likeness (QED) is 0.805. The second-order valence-corrected chi connectivity index (χ2v) is 5.87. The molecule has 4 heteroatoms. The highest BCUT2D eigenvalue weighted by molar-refractivity contribution is 5.90. The smallest absolute Gasteiger partial charge is 0.335 e. The molecule has 2 rings (SSSR count). The van der Waals surface area contributed by atoms with Crippen LogP contribution in [0.3, 0.4) is 0 Å². The van der Waals surface area contributed by atoms with Gasteiger partial charge in [0, 0.05) is 0 Å². The van der Waals surface area contributed by atoms with Crippen LogP contribution in [-0.4, -0.2) is 11.5 Å². The predicted molar refractivity (Wildman–Crippen MR) is 85.2 cm³/mol. The van der Waals surface area contributed by atoms with Gasteiger partial charge in [0.1, 0.15) is 0 Å². The Labute approximate surface area is 130 Å². The SMILES string of the molecule is CC(C)(C)N(OC(=O)c1ccc(C#N)cc1)c1ccccc1. The maximum atomic E-state index is 12.3. The van der Waals surface area contributed by atoms with E-state index in [1.54, 1.807) is 29.3 Å². The summed E-state index contributed by atoms with van der Waals surface area (Å²) in [7, 11) is 0. The molecule has 0 aliphatic carbocycles. The summed E-state index contributed by atoms with van der Waals surface area (Å²) in [6.45, 7) is 5.89. The van der Waals surface area contributed by atoms with Crippen LogP contribution in [-0.2, 0) is 4.84 Å². The highest BCUT2D eigenvalue weighted by atomic mass is 16.7. The Kier molecular flexibility index (Phi) is 4.47. The van der Waals surface area contributed by atoms with Crippen LogP contribution in [0.1, 0.15) is 36.7 Å². The molecule has 0 heterocycles. The summed E-state index contributed by atoms with van der Waals surface area (Å²) in [6.07, 6.45) is 0. The van der Waals surface area contributed by atoms with Gasteiger partial charge in [0.25, 0.3) is 0 Å². The van der Waals surface area contributed by atoms with E-state index in [1.807, 2.05) is 57.2 Å². The number of nitrogens with zero attached hydrogens (tertiary/aromatic N) is 2. The van der Waals surface area contributed by atoms with Crippen molar-refractivity contribution in [1.29, 1.82) is 5.26 Å². The first-order valence-electron chi connectivity index (χ1n) is 6.99. The van der Waals surface area contributed by atoms with Crippen LogP contribution in [0.15, 0.2) is 54.6 Å². The highest BCUT2D eigenvalue weighted by Gasteiger charge is 2.26. The van der Waals surface area contributed by atoms with Crippen molar-refractivity contribution in [1.82, 2.24) is 0 Å². The number of hydroxylamine groups is 1. The Morgan fingerprint density at radius 1 is 1.05 bits per heavy atom. The van der Waals surface area contributed by atoms with Crippen molar-refractivity contribution in [2.75, 3.05) is 5.06 Å². The number of nitriles is 1. The normalized spacial score (nSPS) is 10.6. The first-order valence-corrected chi connectivity index (χ1v) is 6.99. The van der Waals surface area contributed by atoms with Gasteiger partial charge in [-0.25, -0.2) is 9.86 Å². The first-order chi connectivity index (χ1) is 10.4. The van der Waals surface area contributed by atoms with E-state index in [0.29, 0.717) is 11.1 Å². The lowest BCUT2D eigenvalue weighted by Gasteiger charge is -2.35. The Morgan fingerprint density at radius 3 is 2.14 bits per heavy atom. The topological polar surface area (TPSA) is 53.3 Å². The minimum atomic E-state index is -0.455. The van der Waals surface area contributed by atoms with Gasteiger partial charge >= 0.3 is 5.97 Å². The van der Waals surface area contributed by atoms with E-state index in [1.165, 1.54) is 0 Å². The molecular weight excluding hydrogens is 276 g/mol. The summed E-state index contributed by atoms with van der Waals surface area (Å²) in [5.74, 6) is -0.455. The molecule has 2 aromatic rings. The molecule has 112 valence electrons. The van der Waals surface area contributed by atoms with Crippen molar-refractivity contribution >= 4 is 11.7 Å². The maximum Gasteiger partial charge on any atom is 0.363 e. The van der Waals surface area contributed by atoms with E-state index in [2.05, 4.69) is 0 Å². The molecule has 0 aromatic heterocycles. The number of anilines is 1. The van der Waals surface area contributed by atoms with Crippen LogP contribution in [0.5, 0.6) is 0 Å². The fourth-order valence-electron chi connectivity index (χ4n) is 1.96. The third-order valence-electron chi connectivity index (χ3n) is 3.02. The van der Waals surface area contributed by atoms with Gasteiger partial charge in [0.2, 0.25) is 0 Å². The molecule has 0 atom stereocenters. The lowest BCUT2D eigenvalue weighted by atomic mass is 10.1. The van der Waals surface area contributed by atoms with Crippen molar-refractivity contribution in [2.24, 2.45) is 0 Å². The third kappa shape index (κ3) is 3.64. The van der Waals surface area contributed by atoms with Gasteiger partial charge in [0.05, 0.1) is 28.4 Å². The molecule has 0 N–H and O–H groups in total. The number of para-hydroxylation sites is 1. The molecule has 0 fully saturated rings. The molecule has 0 amide bonds. The van der Waals surface area contributed by atoms with Gasteiger partial charge in [-0.1, -0.05) is 18.2 Å². The molecule has 0 bridgehead atoms. The van der Waals surface area contributed by atoms with Gasteiger partial charge in [-0.3, -0.25) is 0 Å². The Bertz CT molecular complexity index is 680. The van der Waals surface area contributed by atoms with Gasteiger partial charge < -0.3 is 4.84 Å². The average Bonchev–Trinajstić information content (AvgIpc) is 2.52. The maximum absolute atomic E-state index is 12.3. The summed E-state index contributed by atoms with van der Waals surface area (Å²) in [4.78, 5) is 17.9. The number of hydrogen-bond donors (Lipinski definition) is 0. The Hall–Kier alpha value is -2.80. The van der Waals surface area contributed by atoms with Crippen LogP contribution >= 0.6 is 0 Å². The fraction of sp³-hybridized carbons (Fsp3) is 0.222. The second kappa shape index (κ2) is 6.31. The van der Waals surface area contributed by atoms with Crippen LogP contribution in [0, 0.1) is 11.3 Å². The largest absolute Gasteiger partial charge is 0.363 e. The summed E-state index contributed by atoms with van der Waals surface area (Å²) in [5.41, 5.74) is 1.33. The summed E-state index contributed by atoms with van der Waals surface area (Å²) in [5, 5.41) is 10.4. The predicted octanol–water partition coefficient (Wildman–Crippen LogP) is 3.94. The van der Waals surface area contributed by atoms with Gasteiger partial charge in [-0.15, -0.1) is 0 Å². The van der Waals surface area contributed by atoms with Crippen LogP contribution in [0.4, 0.5) is 5.69 Å². The molecule has 0 aliphatic heterocycles. The van der Waals surface area contributed by atoms with E-state index in [4.69, 9.17) is 10.1 Å². The number of hydrogen-bond acceptors (Lipinski definition) is 4. The molecule has 0 saturated heterocycles. The lowest BCUT2D eigenvalue weighted by molar-refractivity contribution is 0.0346. The van der Waals surface area contributed by atoms with E-state index in [0.717, 1.165) is 5.69 Å². The molecule has 2 aromatic carbocycles. The third-order valence-corrected chi connectivity index (χ3v) is 3.02. The van der Waals surface area contributed by atoms with E-state index >= 15 is 0 Å². The van der Waals surface area contributed by atoms with E-state index in [-0.39, 0.29) is 5.54 Å².